The SMILES string of the molecule is Cc1ccc(F)cc1C(=O)c1c(Br)cc2c(nc(NC#N)n2CC(F)F)c1Br. The van der Waals surface area contributed by atoms with E-state index in [0.717, 1.165) is 10.6 Å². The van der Waals surface area contributed by atoms with Crippen molar-refractivity contribution in [3.05, 3.63) is 55.7 Å². The van der Waals surface area contributed by atoms with Crippen molar-refractivity contribution < 1.29 is 18.0 Å². The van der Waals surface area contributed by atoms with Gasteiger partial charge in [-0.05, 0) is 62.5 Å². The van der Waals surface area contributed by atoms with Gasteiger partial charge in [-0.1, -0.05) is 6.07 Å². The van der Waals surface area contributed by atoms with E-state index in [0.29, 0.717) is 15.6 Å². The Bertz CT molecular complexity index is 1140. The van der Waals surface area contributed by atoms with Crippen molar-refractivity contribution in [2.24, 2.45) is 0 Å². The maximum Gasteiger partial charge on any atom is 0.256 e. The zero-order chi connectivity index (χ0) is 20.6. The van der Waals surface area contributed by atoms with E-state index >= 15 is 0 Å². The Labute approximate surface area is 174 Å². The highest BCUT2D eigenvalue weighted by molar-refractivity contribution is 9.11. The highest BCUT2D eigenvalue weighted by Crippen LogP contribution is 2.37. The lowest BCUT2D eigenvalue weighted by atomic mass is 9.98. The first-order valence-electron chi connectivity index (χ1n) is 7.87. The van der Waals surface area contributed by atoms with E-state index in [-0.39, 0.29) is 27.1 Å². The predicted octanol–water partition coefficient (Wildman–Crippen LogP) is 5.40. The van der Waals surface area contributed by atoms with E-state index < -0.39 is 24.6 Å². The number of fused-ring (bicyclic) bond motifs is 1. The number of benzene rings is 2. The van der Waals surface area contributed by atoms with Crippen molar-refractivity contribution in [3.63, 3.8) is 0 Å². The number of aryl methyl sites for hydroxylation is 1. The molecule has 0 aliphatic rings. The molecule has 0 bridgehead atoms. The van der Waals surface area contributed by atoms with Crippen molar-refractivity contribution in [3.8, 4) is 6.19 Å². The van der Waals surface area contributed by atoms with Crippen LogP contribution >= 0.6 is 31.9 Å². The smallest absolute Gasteiger partial charge is 0.256 e. The van der Waals surface area contributed by atoms with Gasteiger partial charge in [0.15, 0.2) is 12.0 Å². The summed E-state index contributed by atoms with van der Waals surface area (Å²) >= 11 is 6.62. The van der Waals surface area contributed by atoms with Crippen LogP contribution in [-0.2, 0) is 6.54 Å². The van der Waals surface area contributed by atoms with Crippen LogP contribution in [-0.4, -0.2) is 21.8 Å². The lowest BCUT2D eigenvalue weighted by Gasteiger charge is -2.11. The minimum absolute atomic E-state index is 0.0723. The molecule has 0 spiro atoms. The number of aromatic nitrogens is 2. The maximum atomic E-state index is 13.6. The Balaban J connectivity index is 2.24. The molecule has 0 unspecified atom stereocenters. The van der Waals surface area contributed by atoms with Crippen LogP contribution in [0.25, 0.3) is 11.0 Å². The minimum atomic E-state index is -2.68. The summed E-state index contributed by atoms with van der Waals surface area (Å²) in [4.78, 5) is 17.2. The average Bonchev–Trinajstić information content (AvgIpc) is 2.94. The van der Waals surface area contributed by atoms with E-state index in [4.69, 9.17) is 5.26 Å². The van der Waals surface area contributed by atoms with Crippen LogP contribution in [0.15, 0.2) is 33.2 Å². The molecule has 0 saturated heterocycles. The summed E-state index contributed by atoms with van der Waals surface area (Å²) in [5.74, 6) is -1.09. The van der Waals surface area contributed by atoms with E-state index in [1.54, 1.807) is 13.1 Å². The number of hydrogen-bond acceptors (Lipinski definition) is 4. The largest absolute Gasteiger partial charge is 0.304 e. The lowest BCUT2D eigenvalue weighted by Crippen LogP contribution is -2.10. The number of carbonyl (C=O) groups is 1. The summed E-state index contributed by atoms with van der Waals surface area (Å²) in [6.45, 7) is 0.995. The van der Waals surface area contributed by atoms with Crippen molar-refractivity contribution in [2.75, 3.05) is 5.32 Å². The van der Waals surface area contributed by atoms with E-state index in [1.165, 1.54) is 18.2 Å². The lowest BCUT2D eigenvalue weighted by molar-refractivity contribution is 0.103. The van der Waals surface area contributed by atoms with Crippen molar-refractivity contribution in [1.82, 2.24) is 9.55 Å². The molecule has 5 nitrogen and oxygen atoms in total. The van der Waals surface area contributed by atoms with Gasteiger partial charge in [0.25, 0.3) is 6.43 Å². The molecule has 0 saturated carbocycles. The number of halogens is 5. The molecule has 0 radical (unpaired) electrons. The van der Waals surface area contributed by atoms with Crippen LogP contribution in [0.3, 0.4) is 0 Å². The van der Waals surface area contributed by atoms with Crippen LogP contribution in [0, 0.1) is 24.2 Å². The number of ketones is 1. The summed E-state index contributed by atoms with van der Waals surface area (Å²) in [7, 11) is 0. The number of carbonyl (C=O) groups excluding carboxylic acids is 1. The molecule has 0 amide bonds. The summed E-state index contributed by atoms with van der Waals surface area (Å²) in [5, 5.41) is 11.1. The topological polar surface area (TPSA) is 70.7 Å². The number of hydrogen-bond donors (Lipinski definition) is 1. The molecule has 3 rings (SSSR count). The van der Waals surface area contributed by atoms with Crippen LogP contribution in [0.2, 0.25) is 0 Å². The van der Waals surface area contributed by atoms with Gasteiger partial charge < -0.3 is 4.57 Å². The number of nitrogens with one attached hydrogen (secondary N) is 1. The quantitative estimate of drug-likeness (QED) is 0.280. The number of nitriles is 1. The molecule has 0 aliphatic heterocycles. The first-order valence-corrected chi connectivity index (χ1v) is 9.45. The van der Waals surface area contributed by atoms with Gasteiger partial charge in [0.05, 0.1) is 22.1 Å². The van der Waals surface area contributed by atoms with Gasteiger partial charge in [-0.15, -0.1) is 0 Å². The molecule has 3 aromatic rings. The summed E-state index contributed by atoms with van der Waals surface area (Å²) < 4.78 is 41.3. The average molecular weight is 516 g/mol. The first kappa shape index (κ1) is 20.4. The second-order valence-electron chi connectivity index (χ2n) is 5.88. The Morgan fingerprint density at radius 2 is 2.07 bits per heavy atom. The molecule has 1 aromatic heterocycles. The molecular weight excluding hydrogens is 505 g/mol. The van der Waals surface area contributed by atoms with E-state index in [9.17, 15) is 18.0 Å². The maximum absolute atomic E-state index is 13.6. The highest BCUT2D eigenvalue weighted by atomic mass is 79.9. The van der Waals surface area contributed by atoms with Crippen molar-refractivity contribution >= 4 is 54.6 Å². The van der Waals surface area contributed by atoms with Crippen LogP contribution in [0.4, 0.5) is 19.1 Å². The molecule has 0 atom stereocenters. The normalized spacial score (nSPS) is 11.1. The molecule has 1 heterocycles. The highest BCUT2D eigenvalue weighted by Gasteiger charge is 2.25. The first-order chi connectivity index (χ1) is 13.2. The van der Waals surface area contributed by atoms with Gasteiger partial charge >= 0.3 is 0 Å². The minimum Gasteiger partial charge on any atom is -0.304 e. The van der Waals surface area contributed by atoms with Crippen LogP contribution in [0.1, 0.15) is 21.5 Å². The van der Waals surface area contributed by atoms with Crippen molar-refractivity contribution in [2.45, 2.75) is 19.9 Å². The second kappa shape index (κ2) is 7.93. The Kier molecular flexibility index (Phi) is 5.76. The zero-order valence-corrected chi connectivity index (χ0v) is 17.4. The second-order valence-corrected chi connectivity index (χ2v) is 7.52. The van der Waals surface area contributed by atoms with Gasteiger partial charge in [0.2, 0.25) is 5.95 Å². The number of nitrogens with zero attached hydrogens (tertiary/aromatic N) is 3. The molecule has 0 aliphatic carbocycles. The van der Waals surface area contributed by atoms with Gasteiger partial charge in [-0.25, -0.2) is 18.2 Å². The fourth-order valence-electron chi connectivity index (χ4n) is 2.84. The third kappa shape index (κ3) is 3.64. The molecule has 10 heteroatoms. The third-order valence-corrected chi connectivity index (χ3v) is 5.49. The van der Waals surface area contributed by atoms with Gasteiger partial charge in [0, 0.05) is 10.0 Å². The Hall–Kier alpha value is -2.38. The van der Waals surface area contributed by atoms with Gasteiger partial charge in [-0.2, -0.15) is 5.26 Å². The molecule has 144 valence electrons. The van der Waals surface area contributed by atoms with Gasteiger partial charge in [-0.3, -0.25) is 10.1 Å². The zero-order valence-electron chi connectivity index (χ0n) is 14.2. The number of imidazole rings is 1. The Morgan fingerprint density at radius 3 is 2.71 bits per heavy atom. The number of rotatable bonds is 5. The summed E-state index contributed by atoms with van der Waals surface area (Å²) in [6.07, 6.45) is -1.02. The predicted molar refractivity (Wildman–Crippen MR) is 105 cm³/mol. The fraction of sp³-hybridized carbons (Fsp3) is 0.167. The molecule has 1 N–H and O–H groups in total. The van der Waals surface area contributed by atoms with E-state index in [1.807, 2.05) is 0 Å². The Morgan fingerprint density at radius 1 is 1.36 bits per heavy atom. The number of alkyl halides is 2. The molecule has 2 aromatic carbocycles. The standard InChI is InChI=1S/C18H11Br2F3N4O/c1-8-2-3-9(21)4-10(8)17(28)14-11(19)5-12-16(15(14)20)26-18(25-7-24)27(12)6-13(22)23/h2-5,13H,6H2,1H3,(H,25,26). The van der Waals surface area contributed by atoms with E-state index in [2.05, 4.69) is 42.2 Å². The van der Waals surface area contributed by atoms with Crippen molar-refractivity contribution in [1.29, 1.82) is 5.26 Å². The molecule has 0 fully saturated rings. The third-order valence-electron chi connectivity index (χ3n) is 4.10. The molecular formula is C18H11Br2F3N4O. The monoisotopic (exact) mass is 514 g/mol. The summed E-state index contributed by atoms with van der Waals surface area (Å²) in [5.41, 5.74) is 1.44. The van der Waals surface area contributed by atoms with Gasteiger partial charge in [0.1, 0.15) is 11.3 Å². The van der Waals surface area contributed by atoms with Crippen LogP contribution < -0.4 is 5.32 Å². The van der Waals surface area contributed by atoms with Crippen LogP contribution in [0.5, 0.6) is 0 Å². The summed E-state index contributed by atoms with van der Waals surface area (Å²) in [6, 6.07) is 5.36. The fourth-order valence-corrected chi connectivity index (χ4v) is 4.39. The molecule has 28 heavy (non-hydrogen) atoms. The number of anilines is 1.